The van der Waals surface area contributed by atoms with E-state index in [2.05, 4.69) is 14.9 Å². The average Bonchev–Trinajstić information content (AvgIpc) is 3.11. The number of aromatic hydroxyl groups is 1. The first-order valence-corrected chi connectivity index (χ1v) is 10.3. The van der Waals surface area contributed by atoms with Gasteiger partial charge in [-0.3, -0.25) is 9.52 Å². The summed E-state index contributed by atoms with van der Waals surface area (Å²) >= 11 is 0. The van der Waals surface area contributed by atoms with Crippen LogP contribution in [0.25, 0.3) is 0 Å². The lowest BCUT2D eigenvalue weighted by molar-refractivity contribution is 0.0725. The van der Waals surface area contributed by atoms with Crippen LogP contribution in [0.5, 0.6) is 5.75 Å². The van der Waals surface area contributed by atoms with E-state index in [-0.39, 0.29) is 28.7 Å². The molecule has 4 rings (SSSR count). The van der Waals surface area contributed by atoms with Crippen LogP contribution in [0.2, 0.25) is 0 Å². The van der Waals surface area contributed by atoms with Gasteiger partial charge in [0.25, 0.3) is 15.9 Å². The van der Waals surface area contributed by atoms with E-state index in [4.69, 9.17) is 4.52 Å². The Hall–Kier alpha value is -3.40. The highest BCUT2D eigenvalue weighted by molar-refractivity contribution is 7.92. The second-order valence-electron chi connectivity index (χ2n) is 6.71. The fraction of sp³-hybridized carbons (Fsp3) is 0.211. The molecule has 0 unspecified atom stereocenters. The Bertz CT molecular complexity index is 1190. The molecule has 10 heteroatoms. The molecule has 0 radical (unpaired) electrons. The van der Waals surface area contributed by atoms with Crippen LogP contribution in [-0.4, -0.2) is 41.0 Å². The predicted octanol–water partition coefficient (Wildman–Crippen LogP) is 2.08. The predicted molar refractivity (Wildman–Crippen MR) is 103 cm³/mol. The molecule has 29 heavy (non-hydrogen) atoms. The van der Waals surface area contributed by atoms with Gasteiger partial charge in [-0.1, -0.05) is 11.2 Å². The van der Waals surface area contributed by atoms with E-state index in [0.29, 0.717) is 18.7 Å². The minimum atomic E-state index is -3.86. The van der Waals surface area contributed by atoms with Crippen LogP contribution in [0, 0.1) is 6.92 Å². The zero-order valence-electron chi connectivity index (χ0n) is 15.5. The summed E-state index contributed by atoms with van der Waals surface area (Å²) in [6.45, 7) is 2.33. The molecule has 0 saturated heterocycles. The standard InChI is InChI=1S/C19H18N4O5S/c1-12-9-17(21-28-12)22-29(26,27)15-5-4-13-6-8-23(11-14(13)10-15)19(25)18-16(24)3-2-7-20-18/h2-5,7,9-10,24H,6,8,11H2,1H3,(H,21,22). The molecule has 2 aromatic heterocycles. The maximum Gasteiger partial charge on any atom is 0.276 e. The number of carbonyl (C=O) groups excluding carboxylic acids is 1. The Morgan fingerprint density at radius 3 is 2.79 bits per heavy atom. The number of fused-ring (bicyclic) bond motifs is 1. The van der Waals surface area contributed by atoms with Crippen LogP contribution in [0.1, 0.15) is 27.4 Å². The summed E-state index contributed by atoms with van der Waals surface area (Å²) < 4.78 is 32.6. The summed E-state index contributed by atoms with van der Waals surface area (Å²) in [5.41, 5.74) is 1.66. The van der Waals surface area contributed by atoms with Crippen molar-refractivity contribution in [2.45, 2.75) is 24.8 Å². The van der Waals surface area contributed by atoms with Gasteiger partial charge in [-0.2, -0.15) is 0 Å². The van der Waals surface area contributed by atoms with E-state index in [0.717, 1.165) is 11.1 Å². The van der Waals surface area contributed by atoms with Crippen LogP contribution in [0.4, 0.5) is 5.82 Å². The van der Waals surface area contributed by atoms with Gasteiger partial charge >= 0.3 is 0 Å². The zero-order valence-corrected chi connectivity index (χ0v) is 16.3. The summed E-state index contributed by atoms with van der Waals surface area (Å²) in [6, 6.07) is 9.24. The van der Waals surface area contributed by atoms with Gasteiger partial charge in [-0.05, 0) is 48.7 Å². The first-order valence-electron chi connectivity index (χ1n) is 8.85. The van der Waals surface area contributed by atoms with Gasteiger partial charge in [0.2, 0.25) is 0 Å². The smallest absolute Gasteiger partial charge is 0.276 e. The number of aryl methyl sites for hydroxylation is 1. The molecule has 1 aliphatic rings. The van der Waals surface area contributed by atoms with E-state index in [9.17, 15) is 18.3 Å². The number of carbonyl (C=O) groups is 1. The molecule has 3 heterocycles. The van der Waals surface area contributed by atoms with Crippen molar-refractivity contribution < 1.29 is 22.8 Å². The van der Waals surface area contributed by atoms with Gasteiger partial charge in [-0.15, -0.1) is 0 Å². The van der Waals surface area contributed by atoms with Crippen LogP contribution in [0.3, 0.4) is 0 Å². The topological polar surface area (TPSA) is 126 Å². The lowest BCUT2D eigenvalue weighted by Crippen LogP contribution is -2.36. The highest BCUT2D eigenvalue weighted by atomic mass is 32.2. The van der Waals surface area contributed by atoms with E-state index in [1.54, 1.807) is 19.1 Å². The maximum atomic E-state index is 12.7. The van der Waals surface area contributed by atoms with Gasteiger partial charge in [0, 0.05) is 25.4 Å². The van der Waals surface area contributed by atoms with Gasteiger partial charge < -0.3 is 14.5 Å². The SMILES string of the molecule is Cc1cc(NS(=O)(=O)c2ccc3c(c2)CN(C(=O)c2ncccc2O)CC3)no1. The Morgan fingerprint density at radius 2 is 2.07 bits per heavy atom. The molecule has 150 valence electrons. The number of anilines is 1. The number of aromatic nitrogens is 2. The fourth-order valence-corrected chi connectivity index (χ4v) is 4.23. The van der Waals surface area contributed by atoms with Crippen molar-refractivity contribution in [3.05, 3.63) is 65.2 Å². The quantitative estimate of drug-likeness (QED) is 0.669. The third kappa shape index (κ3) is 3.79. The molecule has 0 spiro atoms. The zero-order chi connectivity index (χ0) is 20.6. The highest BCUT2D eigenvalue weighted by Crippen LogP contribution is 2.26. The molecule has 0 fully saturated rings. The number of nitrogens with one attached hydrogen (secondary N) is 1. The number of nitrogens with zero attached hydrogens (tertiary/aromatic N) is 3. The van der Waals surface area contributed by atoms with E-state index in [1.807, 2.05) is 0 Å². The molecule has 0 bridgehead atoms. The largest absolute Gasteiger partial charge is 0.505 e. The summed E-state index contributed by atoms with van der Waals surface area (Å²) in [6.07, 6.45) is 2.01. The van der Waals surface area contributed by atoms with Crippen molar-refractivity contribution >= 4 is 21.7 Å². The first-order chi connectivity index (χ1) is 13.8. The van der Waals surface area contributed by atoms with Crippen molar-refractivity contribution in [2.24, 2.45) is 0 Å². The molecule has 1 aliphatic heterocycles. The van der Waals surface area contributed by atoms with Gasteiger partial charge in [0.1, 0.15) is 11.5 Å². The maximum absolute atomic E-state index is 12.7. The lowest BCUT2D eigenvalue weighted by atomic mass is 9.99. The highest BCUT2D eigenvalue weighted by Gasteiger charge is 2.26. The number of hydrogen-bond donors (Lipinski definition) is 2. The second kappa shape index (κ2) is 7.21. The van der Waals surface area contributed by atoms with Crippen molar-refractivity contribution in [2.75, 3.05) is 11.3 Å². The Morgan fingerprint density at radius 1 is 1.24 bits per heavy atom. The average molecular weight is 414 g/mol. The molecule has 3 aromatic rings. The van der Waals surface area contributed by atoms with Crippen LogP contribution >= 0.6 is 0 Å². The summed E-state index contributed by atoms with van der Waals surface area (Å²) in [5.74, 6) is -0.00680. The minimum absolute atomic E-state index is 0.0252. The molecule has 9 nitrogen and oxygen atoms in total. The number of pyridine rings is 1. The van der Waals surface area contributed by atoms with Gasteiger partial charge in [0.15, 0.2) is 11.5 Å². The molecular formula is C19H18N4O5S. The molecule has 1 aromatic carbocycles. The third-order valence-electron chi connectivity index (χ3n) is 4.64. The van der Waals surface area contributed by atoms with Crippen molar-refractivity contribution in [3.63, 3.8) is 0 Å². The molecule has 0 aliphatic carbocycles. The molecular weight excluding hydrogens is 396 g/mol. The number of amides is 1. The third-order valence-corrected chi connectivity index (χ3v) is 6.00. The Labute approximate surface area is 167 Å². The van der Waals surface area contributed by atoms with E-state index < -0.39 is 15.9 Å². The molecule has 0 saturated carbocycles. The van der Waals surface area contributed by atoms with Gasteiger partial charge in [-0.25, -0.2) is 13.4 Å². The summed E-state index contributed by atoms with van der Waals surface area (Å²) in [5, 5.41) is 13.5. The number of hydrogen-bond acceptors (Lipinski definition) is 7. The van der Waals surface area contributed by atoms with Crippen LogP contribution < -0.4 is 4.72 Å². The Balaban J connectivity index is 1.58. The molecule has 2 N–H and O–H groups in total. The van der Waals surface area contributed by atoms with Crippen LogP contribution in [-0.2, 0) is 23.0 Å². The number of benzene rings is 1. The van der Waals surface area contributed by atoms with E-state index >= 15 is 0 Å². The van der Waals surface area contributed by atoms with Crippen molar-refractivity contribution in [3.8, 4) is 5.75 Å². The minimum Gasteiger partial charge on any atom is -0.505 e. The fourth-order valence-electron chi connectivity index (χ4n) is 3.20. The molecule has 1 amide bonds. The Kier molecular flexibility index (Phi) is 4.71. The van der Waals surface area contributed by atoms with Gasteiger partial charge in [0.05, 0.1) is 4.90 Å². The monoisotopic (exact) mass is 414 g/mol. The summed E-state index contributed by atoms with van der Waals surface area (Å²) in [7, 11) is -3.86. The van der Waals surface area contributed by atoms with Crippen molar-refractivity contribution in [1.29, 1.82) is 0 Å². The first kappa shape index (κ1) is 18.9. The normalized spacial score (nSPS) is 13.8. The number of rotatable bonds is 4. The number of sulfonamides is 1. The van der Waals surface area contributed by atoms with Crippen LogP contribution in [0.15, 0.2) is 52.0 Å². The summed E-state index contributed by atoms with van der Waals surface area (Å²) in [4.78, 5) is 18.3. The van der Waals surface area contributed by atoms with E-state index in [1.165, 1.54) is 35.4 Å². The lowest BCUT2D eigenvalue weighted by Gasteiger charge is -2.29. The van der Waals surface area contributed by atoms with Crippen molar-refractivity contribution in [1.82, 2.24) is 15.0 Å². The molecule has 0 atom stereocenters. The second-order valence-corrected chi connectivity index (χ2v) is 8.39.